The minimum Gasteiger partial charge on any atom is -0.414 e. The summed E-state index contributed by atoms with van der Waals surface area (Å²) in [5.41, 5.74) is 0.430. The van der Waals surface area contributed by atoms with Gasteiger partial charge in [-0.25, -0.2) is 31.3 Å². The normalized spacial score (nSPS) is 11.3. The quantitative estimate of drug-likeness (QED) is 0.424. The summed E-state index contributed by atoms with van der Waals surface area (Å²) < 4.78 is 54.2. The first kappa shape index (κ1) is 24.3. The van der Waals surface area contributed by atoms with Crippen molar-refractivity contribution < 1.29 is 21.3 Å². The molecule has 3 N–H and O–H groups in total. The number of primary sulfonamides is 1. The molecule has 12 heteroatoms. The molecule has 9 nitrogen and oxygen atoms in total. The molecule has 172 valence electrons. The molecule has 3 aromatic carbocycles. The summed E-state index contributed by atoms with van der Waals surface area (Å²) in [7, 11) is -7.34. The first-order valence-electron chi connectivity index (χ1n) is 9.20. The summed E-state index contributed by atoms with van der Waals surface area (Å²) in [5.74, 6) is -0.709. The van der Waals surface area contributed by atoms with Gasteiger partial charge in [-0.15, -0.1) is 0 Å². The summed E-state index contributed by atoms with van der Waals surface area (Å²) in [5, 5.41) is 5.33. The lowest BCUT2D eigenvalue weighted by molar-refractivity contribution is 0.504. The maximum Gasteiger partial charge on any atom is 0.425 e. The molecule has 33 heavy (non-hydrogen) atoms. The van der Waals surface area contributed by atoms with Crippen LogP contribution < -0.4 is 15.6 Å². The summed E-state index contributed by atoms with van der Waals surface area (Å²) >= 11 is 5.82. The number of anilines is 1. The van der Waals surface area contributed by atoms with Crippen molar-refractivity contribution >= 4 is 37.5 Å². The summed E-state index contributed by atoms with van der Waals surface area (Å²) in [6.45, 7) is 0. The number of nitrogens with two attached hydrogens (primary N) is 1. The highest BCUT2D eigenvalue weighted by Crippen LogP contribution is 2.20. The molecule has 4 rings (SSSR count). The van der Waals surface area contributed by atoms with Crippen molar-refractivity contribution in [2.24, 2.45) is 5.14 Å². The standard InChI is InChI=1S/C15H11ClN2O4S.C6H7NO2S/c16-11-6-8-12(9-7-11)18-14(10-22-15(18)19)17-23(20,21)13-4-2-1-3-5-13;7-10(8,9)6-4-2-1-3-5-6/h1-10,17H;1-5H,(H2,7,8,9). The Morgan fingerprint density at radius 2 is 1.30 bits per heavy atom. The van der Waals surface area contributed by atoms with Crippen molar-refractivity contribution in [3.63, 3.8) is 0 Å². The van der Waals surface area contributed by atoms with Gasteiger partial charge in [-0.3, -0.25) is 4.72 Å². The predicted molar refractivity (Wildman–Crippen MR) is 124 cm³/mol. The van der Waals surface area contributed by atoms with E-state index in [0.717, 1.165) is 10.8 Å². The molecule has 0 aliphatic heterocycles. The highest BCUT2D eigenvalue weighted by molar-refractivity contribution is 7.92. The van der Waals surface area contributed by atoms with Gasteiger partial charge < -0.3 is 4.42 Å². The van der Waals surface area contributed by atoms with E-state index in [2.05, 4.69) is 4.72 Å². The number of hydrogen-bond donors (Lipinski definition) is 2. The second kappa shape index (κ2) is 10.0. The van der Waals surface area contributed by atoms with Crippen molar-refractivity contribution in [2.75, 3.05) is 4.72 Å². The zero-order chi connectivity index (χ0) is 24.1. The Kier molecular flexibility index (Phi) is 7.39. The van der Waals surface area contributed by atoms with Gasteiger partial charge in [-0.2, -0.15) is 0 Å². The molecule has 0 amide bonds. The molecule has 0 bridgehead atoms. The molecule has 0 radical (unpaired) electrons. The molecule has 0 aliphatic rings. The number of hydrogen-bond acceptors (Lipinski definition) is 6. The molecule has 0 fully saturated rings. The van der Waals surface area contributed by atoms with Gasteiger partial charge in [-0.05, 0) is 48.5 Å². The first-order chi connectivity index (χ1) is 15.6. The second-order valence-corrected chi connectivity index (χ2v) is 10.2. The summed E-state index contributed by atoms with van der Waals surface area (Å²) in [6, 6.07) is 22.1. The lowest BCUT2D eigenvalue weighted by atomic mass is 10.3. The van der Waals surface area contributed by atoms with Gasteiger partial charge in [0.2, 0.25) is 10.0 Å². The van der Waals surface area contributed by atoms with Gasteiger partial charge in [0.05, 0.1) is 15.5 Å². The number of rotatable bonds is 5. The first-order valence-corrected chi connectivity index (χ1v) is 12.6. The minimum absolute atomic E-state index is 0.00109. The van der Waals surface area contributed by atoms with E-state index in [1.807, 2.05) is 0 Å². The summed E-state index contributed by atoms with van der Waals surface area (Å²) in [6.07, 6.45) is 1.05. The number of nitrogens with one attached hydrogen (secondary N) is 1. The number of aromatic nitrogens is 1. The van der Waals surface area contributed by atoms with Crippen molar-refractivity contribution in [3.8, 4) is 5.69 Å². The van der Waals surface area contributed by atoms with E-state index in [4.69, 9.17) is 21.2 Å². The van der Waals surface area contributed by atoms with E-state index in [9.17, 15) is 21.6 Å². The average molecular weight is 508 g/mol. The number of nitrogens with zero attached hydrogens (tertiary/aromatic N) is 1. The lowest BCUT2D eigenvalue weighted by Gasteiger charge is -2.09. The fourth-order valence-corrected chi connectivity index (χ4v) is 4.33. The zero-order valence-corrected chi connectivity index (χ0v) is 19.2. The maximum atomic E-state index is 12.4. The Hall–Kier alpha value is -3.38. The van der Waals surface area contributed by atoms with Crippen molar-refractivity contribution in [2.45, 2.75) is 9.79 Å². The smallest absolute Gasteiger partial charge is 0.414 e. The zero-order valence-electron chi connectivity index (χ0n) is 16.8. The van der Waals surface area contributed by atoms with Crippen LogP contribution in [0.3, 0.4) is 0 Å². The lowest BCUT2D eigenvalue weighted by Crippen LogP contribution is -2.19. The SMILES string of the molecule is NS(=O)(=O)c1ccccc1.O=c1occ(NS(=O)(=O)c2ccccc2)n1-c1ccc(Cl)cc1. The Morgan fingerprint density at radius 1 is 0.788 bits per heavy atom. The largest absolute Gasteiger partial charge is 0.425 e. The Morgan fingerprint density at radius 3 is 1.79 bits per heavy atom. The van der Waals surface area contributed by atoms with Crippen LogP contribution in [0.4, 0.5) is 5.82 Å². The molecule has 0 saturated carbocycles. The van der Waals surface area contributed by atoms with E-state index in [1.165, 1.54) is 24.3 Å². The molecule has 1 heterocycles. The molecule has 4 aromatic rings. The van der Waals surface area contributed by atoms with Crippen LogP contribution in [0.15, 0.2) is 110 Å². The maximum absolute atomic E-state index is 12.4. The minimum atomic E-state index is -3.83. The van der Waals surface area contributed by atoms with Crippen LogP contribution in [-0.2, 0) is 20.0 Å². The van der Waals surface area contributed by atoms with Gasteiger partial charge in [0.25, 0.3) is 10.0 Å². The Labute approximate surface area is 195 Å². The molecule has 0 unspecified atom stereocenters. The molecular formula is C21H18ClN3O6S2. The highest BCUT2D eigenvalue weighted by Gasteiger charge is 2.19. The monoisotopic (exact) mass is 507 g/mol. The van der Waals surface area contributed by atoms with Crippen molar-refractivity contribution in [1.29, 1.82) is 0 Å². The second-order valence-electron chi connectivity index (χ2n) is 6.48. The molecular weight excluding hydrogens is 490 g/mol. The van der Waals surface area contributed by atoms with Crippen LogP contribution in [0.5, 0.6) is 0 Å². The van der Waals surface area contributed by atoms with E-state index >= 15 is 0 Å². The molecule has 1 aromatic heterocycles. The average Bonchev–Trinajstić information content (AvgIpc) is 3.15. The van der Waals surface area contributed by atoms with Crippen molar-refractivity contribution in [1.82, 2.24) is 4.57 Å². The third-order valence-electron chi connectivity index (χ3n) is 4.14. The molecule has 0 aliphatic carbocycles. The molecule has 0 atom stereocenters. The van der Waals surface area contributed by atoms with E-state index in [1.54, 1.807) is 60.7 Å². The Balaban J connectivity index is 0.000000257. The van der Waals surface area contributed by atoms with Gasteiger partial charge in [-0.1, -0.05) is 48.0 Å². The van der Waals surface area contributed by atoms with E-state index in [0.29, 0.717) is 10.7 Å². The third kappa shape index (κ3) is 6.33. The van der Waals surface area contributed by atoms with Crippen LogP contribution >= 0.6 is 11.6 Å². The van der Waals surface area contributed by atoms with Gasteiger partial charge in [0, 0.05) is 5.02 Å². The van der Waals surface area contributed by atoms with E-state index < -0.39 is 25.8 Å². The van der Waals surface area contributed by atoms with Crippen LogP contribution in [0.25, 0.3) is 5.69 Å². The van der Waals surface area contributed by atoms with Gasteiger partial charge in [0.15, 0.2) is 5.82 Å². The van der Waals surface area contributed by atoms with Crippen LogP contribution in [0, 0.1) is 0 Å². The van der Waals surface area contributed by atoms with Crippen LogP contribution in [-0.4, -0.2) is 21.4 Å². The number of benzene rings is 3. The van der Waals surface area contributed by atoms with Crippen LogP contribution in [0.1, 0.15) is 0 Å². The number of oxazole rings is 1. The van der Waals surface area contributed by atoms with Crippen molar-refractivity contribution in [3.05, 3.63) is 107 Å². The predicted octanol–water partition coefficient (Wildman–Crippen LogP) is 3.22. The topological polar surface area (TPSA) is 141 Å². The molecule has 0 saturated heterocycles. The Bertz CT molecular complexity index is 1480. The van der Waals surface area contributed by atoms with E-state index in [-0.39, 0.29) is 15.6 Å². The fraction of sp³-hybridized carbons (Fsp3) is 0. The highest BCUT2D eigenvalue weighted by atomic mass is 35.5. The number of sulfonamides is 2. The number of halogens is 1. The van der Waals surface area contributed by atoms with Crippen LogP contribution in [0.2, 0.25) is 5.02 Å². The summed E-state index contributed by atoms with van der Waals surface area (Å²) in [4.78, 5) is 12.1. The fourth-order valence-electron chi connectivity index (χ4n) is 2.62. The third-order valence-corrected chi connectivity index (χ3v) is 6.70. The van der Waals surface area contributed by atoms with Gasteiger partial charge >= 0.3 is 5.76 Å². The van der Waals surface area contributed by atoms with Gasteiger partial charge in [0.1, 0.15) is 6.26 Å². The molecule has 0 spiro atoms.